The van der Waals surface area contributed by atoms with Gasteiger partial charge in [-0.25, -0.2) is 4.39 Å². The summed E-state index contributed by atoms with van der Waals surface area (Å²) < 4.78 is 25.0. The highest BCUT2D eigenvalue weighted by atomic mass is 19.1. The Morgan fingerprint density at radius 3 is 2.29 bits per heavy atom. The molecule has 1 saturated heterocycles. The number of allylic oxidation sites excluding steroid dienone is 2. The molecule has 138 valence electrons. The van der Waals surface area contributed by atoms with Crippen LogP contribution in [0.25, 0.3) is 0 Å². The first kappa shape index (κ1) is 18.4. The van der Waals surface area contributed by atoms with Crippen LogP contribution in [0.2, 0.25) is 0 Å². The molecule has 2 aliphatic carbocycles. The molecular weight excluding hydrogens is 303 g/mol. The third kappa shape index (κ3) is 5.29. The molecule has 2 nitrogen and oxygen atoms in total. The van der Waals surface area contributed by atoms with E-state index in [1.807, 2.05) is 6.08 Å². The summed E-state index contributed by atoms with van der Waals surface area (Å²) in [6.45, 7) is 4.00. The lowest BCUT2D eigenvalue weighted by Crippen LogP contribution is -2.32. The summed E-state index contributed by atoms with van der Waals surface area (Å²) in [5.74, 6) is 3.15. The van der Waals surface area contributed by atoms with E-state index in [1.165, 1.54) is 44.9 Å². The smallest absolute Gasteiger partial charge is 0.157 e. The predicted molar refractivity (Wildman–Crippen MR) is 95.3 cm³/mol. The zero-order chi connectivity index (χ0) is 16.8. The van der Waals surface area contributed by atoms with E-state index in [0.29, 0.717) is 12.3 Å². The Morgan fingerprint density at radius 2 is 1.67 bits per heavy atom. The minimum absolute atomic E-state index is 0.0438. The maximum absolute atomic E-state index is 13.2. The van der Waals surface area contributed by atoms with Gasteiger partial charge in [0, 0.05) is 5.92 Å². The first-order valence-electron chi connectivity index (χ1n) is 10.3. The Balaban J connectivity index is 1.30. The quantitative estimate of drug-likeness (QED) is 0.590. The largest absolute Gasteiger partial charge is 0.352 e. The third-order valence-electron chi connectivity index (χ3n) is 6.50. The Hall–Kier alpha value is -0.410. The molecule has 0 amide bonds. The lowest BCUT2D eigenvalue weighted by Gasteiger charge is -2.35. The van der Waals surface area contributed by atoms with Gasteiger partial charge in [-0.3, -0.25) is 0 Å². The van der Waals surface area contributed by atoms with Crippen LogP contribution in [0.4, 0.5) is 4.39 Å². The van der Waals surface area contributed by atoms with Crippen molar-refractivity contribution in [2.24, 2.45) is 23.7 Å². The van der Waals surface area contributed by atoms with Crippen molar-refractivity contribution in [3.8, 4) is 0 Å². The van der Waals surface area contributed by atoms with Crippen LogP contribution in [0, 0.1) is 23.7 Å². The van der Waals surface area contributed by atoms with Crippen molar-refractivity contribution < 1.29 is 13.9 Å². The molecule has 0 N–H and O–H groups in total. The molecule has 0 bridgehead atoms. The Kier molecular flexibility index (Phi) is 7.15. The van der Waals surface area contributed by atoms with Crippen LogP contribution >= 0.6 is 0 Å². The first-order chi connectivity index (χ1) is 11.7. The van der Waals surface area contributed by atoms with Crippen molar-refractivity contribution in [3.63, 3.8) is 0 Å². The van der Waals surface area contributed by atoms with Gasteiger partial charge in [0.15, 0.2) is 6.29 Å². The Bertz CT molecular complexity index is 393. The second-order valence-electron chi connectivity index (χ2n) is 8.29. The van der Waals surface area contributed by atoms with Crippen LogP contribution in [0.1, 0.15) is 77.6 Å². The van der Waals surface area contributed by atoms with E-state index in [9.17, 15) is 4.39 Å². The fourth-order valence-corrected chi connectivity index (χ4v) is 4.90. The second-order valence-corrected chi connectivity index (χ2v) is 8.29. The summed E-state index contributed by atoms with van der Waals surface area (Å²) in [7, 11) is 0. The lowest BCUT2D eigenvalue weighted by molar-refractivity contribution is -0.205. The van der Waals surface area contributed by atoms with E-state index in [0.717, 1.165) is 50.2 Å². The third-order valence-corrected chi connectivity index (χ3v) is 6.50. The van der Waals surface area contributed by atoms with Gasteiger partial charge in [0.2, 0.25) is 0 Å². The highest BCUT2D eigenvalue weighted by Gasteiger charge is 2.29. The molecule has 0 spiro atoms. The number of hydrogen-bond acceptors (Lipinski definition) is 2. The van der Waals surface area contributed by atoms with Gasteiger partial charge in [-0.05, 0) is 69.1 Å². The summed E-state index contributed by atoms with van der Waals surface area (Å²) in [4.78, 5) is 0. The van der Waals surface area contributed by atoms with Crippen molar-refractivity contribution in [1.29, 1.82) is 0 Å². The van der Waals surface area contributed by atoms with Crippen LogP contribution in [-0.4, -0.2) is 19.5 Å². The Labute approximate surface area is 147 Å². The van der Waals surface area contributed by atoms with Gasteiger partial charge in [0.1, 0.15) is 0 Å². The molecule has 24 heavy (non-hydrogen) atoms. The van der Waals surface area contributed by atoms with Gasteiger partial charge in [-0.15, -0.1) is 0 Å². The van der Waals surface area contributed by atoms with Gasteiger partial charge >= 0.3 is 0 Å². The topological polar surface area (TPSA) is 18.5 Å². The lowest BCUT2D eigenvalue weighted by atomic mass is 9.71. The molecule has 0 aromatic carbocycles. The van der Waals surface area contributed by atoms with Gasteiger partial charge in [-0.1, -0.05) is 32.3 Å². The molecule has 1 heterocycles. The Morgan fingerprint density at radius 1 is 0.917 bits per heavy atom. The van der Waals surface area contributed by atoms with Gasteiger partial charge < -0.3 is 9.47 Å². The second kappa shape index (κ2) is 9.33. The molecule has 0 aromatic heterocycles. The van der Waals surface area contributed by atoms with Crippen molar-refractivity contribution in [3.05, 3.63) is 11.9 Å². The zero-order valence-electron chi connectivity index (χ0n) is 15.4. The van der Waals surface area contributed by atoms with Crippen LogP contribution in [0.3, 0.4) is 0 Å². The molecule has 2 fully saturated rings. The van der Waals surface area contributed by atoms with Crippen molar-refractivity contribution in [1.82, 2.24) is 0 Å². The summed E-state index contributed by atoms with van der Waals surface area (Å²) >= 11 is 0. The summed E-state index contributed by atoms with van der Waals surface area (Å²) in [6.07, 6.45) is 14.7. The molecule has 1 unspecified atom stereocenters. The summed E-state index contributed by atoms with van der Waals surface area (Å²) in [5.41, 5.74) is 0. The molecule has 3 aliphatic rings. The monoisotopic (exact) mass is 338 g/mol. The number of hydrogen-bond donors (Lipinski definition) is 0. The SMILES string of the molecule is CCCC1COC(CCC2CCC(C3CC=C(F)CC3)CC2)OC1. The summed E-state index contributed by atoms with van der Waals surface area (Å²) in [5, 5.41) is 0. The van der Waals surface area contributed by atoms with Crippen LogP contribution in [0.15, 0.2) is 11.9 Å². The van der Waals surface area contributed by atoms with E-state index in [4.69, 9.17) is 9.47 Å². The summed E-state index contributed by atoms with van der Waals surface area (Å²) in [6, 6.07) is 0. The molecule has 0 aromatic rings. The van der Waals surface area contributed by atoms with E-state index in [-0.39, 0.29) is 12.1 Å². The van der Waals surface area contributed by atoms with Crippen LogP contribution < -0.4 is 0 Å². The average Bonchev–Trinajstić information content (AvgIpc) is 2.63. The standard InChI is InChI=1S/C21H35FO2/c1-2-3-17-14-23-21(24-15-17)13-6-16-4-7-18(8-5-16)19-9-11-20(22)12-10-19/h11,16-19,21H,2-10,12-15H2,1H3. The van der Waals surface area contributed by atoms with E-state index < -0.39 is 0 Å². The van der Waals surface area contributed by atoms with E-state index >= 15 is 0 Å². The fourth-order valence-electron chi connectivity index (χ4n) is 4.90. The maximum atomic E-state index is 13.2. The maximum Gasteiger partial charge on any atom is 0.157 e. The molecular formula is C21H35FO2. The minimum Gasteiger partial charge on any atom is -0.352 e. The van der Waals surface area contributed by atoms with E-state index in [1.54, 1.807) is 0 Å². The zero-order valence-corrected chi connectivity index (χ0v) is 15.4. The minimum atomic E-state index is 0.0438. The normalized spacial score (nSPS) is 37.9. The number of rotatable bonds is 6. The van der Waals surface area contributed by atoms with Gasteiger partial charge in [0.25, 0.3) is 0 Å². The highest BCUT2D eigenvalue weighted by Crippen LogP contribution is 2.41. The number of halogens is 1. The molecule has 1 atom stereocenters. The highest BCUT2D eigenvalue weighted by molar-refractivity contribution is 4.99. The van der Waals surface area contributed by atoms with Crippen molar-refractivity contribution in [2.75, 3.05) is 13.2 Å². The van der Waals surface area contributed by atoms with Gasteiger partial charge in [-0.2, -0.15) is 0 Å². The molecule has 0 radical (unpaired) electrons. The molecule has 1 aliphatic heterocycles. The van der Waals surface area contributed by atoms with Crippen molar-refractivity contribution >= 4 is 0 Å². The van der Waals surface area contributed by atoms with Crippen molar-refractivity contribution in [2.45, 2.75) is 83.8 Å². The fraction of sp³-hybridized carbons (Fsp3) is 0.905. The average molecular weight is 339 g/mol. The van der Waals surface area contributed by atoms with Crippen LogP contribution in [-0.2, 0) is 9.47 Å². The van der Waals surface area contributed by atoms with E-state index in [2.05, 4.69) is 6.92 Å². The molecule has 3 heteroatoms. The molecule has 1 saturated carbocycles. The van der Waals surface area contributed by atoms with Crippen LogP contribution in [0.5, 0.6) is 0 Å². The predicted octanol–water partition coefficient (Wildman–Crippen LogP) is 6.02. The van der Waals surface area contributed by atoms with Gasteiger partial charge in [0.05, 0.1) is 19.0 Å². The number of ether oxygens (including phenoxy) is 2. The first-order valence-corrected chi connectivity index (χ1v) is 10.3. The molecule has 3 rings (SSSR count).